The third kappa shape index (κ3) is 1.17. The molecule has 1 aliphatic rings. The summed E-state index contributed by atoms with van der Waals surface area (Å²) < 4.78 is 9.87. The van der Waals surface area contributed by atoms with E-state index in [1.807, 2.05) is 6.92 Å². The van der Waals surface area contributed by atoms with E-state index in [9.17, 15) is 0 Å². The lowest BCUT2D eigenvalue weighted by Gasteiger charge is -2.03. The molecule has 4 heteroatoms. The molecule has 1 N–H and O–H groups in total. The zero-order valence-corrected chi connectivity index (χ0v) is 5.73. The summed E-state index contributed by atoms with van der Waals surface area (Å²) in [7, 11) is -2.30. The van der Waals surface area contributed by atoms with Gasteiger partial charge < -0.3 is 0 Å². The molecule has 0 radical (unpaired) electrons. The van der Waals surface area contributed by atoms with Crippen LogP contribution in [-0.2, 0) is 9.05 Å². The van der Waals surface area contributed by atoms with E-state index >= 15 is 0 Å². The third-order valence-electron chi connectivity index (χ3n) is 1.07. The third-order valence-corrected chi connectivity index (χ3v) is 3.04. The Kier molecular flexibility index (Phi) is 1.83. The van der Waals surface area contributed by atoms with Crippen molar-refractivity contribution in [3.05, 3.63) is 0 Å². The summed E-state index contributed by atoms with van der Waals surface area (Å²) in [5.74, 6) is 0. The number of hydrogen-bond donors (Lipinski definition) is 1. The fourth-order valence-corrected chi connectivity index (χ4v) is 1.74. The van der Waals surface area contributed by atoms with Gasteiger partial charge in [0.25, 0.3) is 0 Å². The molecule has 1 heterocycles. The van der Waals surface area contributed by atoms with Gasteiger partial charge in [0.05, 0.1) is 0 Å². The highest BCUT2D eigenvalue weighted by Crippen LogP contribution is 2.59. The summed E-state index contributed by atoms with van der Waals surface area (Å²) in [6.45, 7) is 2.97. The van der Waals surface area contributed by atoms with Crippen molar-refractivity contribution in [2.45, 2.75) is 6.92 Å². The predicted octanol–water partition coefficient (Wildman–Crippen LogP) is 0.808. The Labute approximate surface area is 49.2 Å². The maximum absolute atomic E-state index is 9.17. The smallest absolute Gasteiger partial charge is 0.193 e. The fourth-order valence-electron chi connectivity index (χ4n) is 0.580. The molecule has 0 aliphatic carbocycles. The van der Waals surface area contributed by atoms with Crippen molar-refractivity contribution in [2.24, 2.45) is 0 Å². The van der Waals surface area contributed by atoms with Crippen molar-refractivity contribution in [3.8, 4) is 0 Å². The van der Waals surface area contributed by atoms with E-state index in [0.29, 0.717) is 19.4 Å². The van der Waals surface area contributed by atoms with E-state index in [-0.39, 0.29) is 0 Å². The van der Waals surface area contributed by atoms with Gasteiger partial charge in [-0.25, -0.2) is 0 Å². The second-order valence-corrected chi connectivity index (χ2v) is 4.04. The lowest BCUT2D eigenvalue weighted by molar-refractivity contribution is 0.314. The summed E-state index contributed by atoms with van der Waals surface area (Å²) in [5.41, 5.74) is 0. The molecule has 0 amide bonds. The number of rotatable bonds is 1. The van der Waals surface area contributed by atoms with Gasteiger partial charge in [0.2, 0.25) is 0 Å². The van der Waals surface area contributed by atoms with E-state index < -0.39 is 7.94 Å². The minimum atomic E-state index is -2.30. The maximum atomic E-state index is 9.17. The maximum Gasteiger partial charge on any atom is 0.408 e. The first-order valence-electron chi connectivity index (χ1n) is 2.67. The van der Waals surface area contributed by atoms with Gasteiger partial charge in [0.1, 0.15) is 19.4 Å². The molecule has 48 valence electrons. The van der Waals surface area contributed by atoms with E-state index in [1.54, 1.807) is 0 Å². The molecule has 0 atom stereocenters. The molecule has 1 fully saturated rings. The highest BCUT2D eigenvalue weighted by Gasteiger charge is 2.42. The first-order valence-corrected chi connectivity index (χ1v) is 4.43. The average molecular weight is 137 g/mol. The van der Waals surface area contributed by atoms with Crippen molar-refractivity contribution < 1.29 is 13.9 Å². The molecule has 0 aromatic carbocycles. The van der Waals surface area contributed by atoms with E-state index in [2.05, 4.69) is 0 Å². The Bertz CT molecular complexity index is 79.4. The van der Waals surface area contributed by atoms with Gasteiger partial charge >= 0.3 is 7.94 Å². The Morgan fingerprint density at radius 1 is 1.50 bits per heavy atom. The lowest BCUT2D eigenvalue weighted by Crippen LogP contribution is -1.92. The number of hydrogen-bond acceptors (Lipinski definition) is 3. The molecule has 0 saturated carbocycles. The molecular formula is C4H10O3P+. The van der Waals surface area contributed by atoms with Crippen LogP contribution in [0.1, 0.15) is 6.92 Å². The molecule has 8 heavy (non-hydrogen) atoms. The van der Waals surface area contributed by atoms with Crippen molar-refractivity contribution >= 4 is 7.94 Å². The van der Waals surface area contributed by atoms with Gasteiger partial charge in [-0.05, 0) is 6.92 Å². The molecule has 1 aliphatic heterocycles. The van der Waals surface area contributed by atoms with Crippen LogP contribution in [0.25, 0.3) is 0 Å². The van der Waals surface area contributed by atoms with Crippen LogP contribution in [0.3, 0.4) is 0 Å². The molecular weight excluding hydrogens is 127 g/mol. The van der Waals surface area contributed by atoms with Crippen LogP contribution in [-0.4, -0.2) is 24.3 Å². The lowest BCUT2D eigenvalue weighted by atomic mass is 10.8. The SMILES string of the molecule is CC[P+]1(O)OCCO1. The Balaban J connectivity index is 2.40. The van der Waals surface area contributed by atoms with Crippen molar-refractivity contribution in [1.29, 1.82) is 0 Å². The summed E-state index contributed by atoms with van der Waals surface area (Å²) in [5, 5.41) is 0. The van der Waals surface area contributed by atoms with Crippen LogP contribution in [0, 0.1) is 0 Å². The topological polar surface area (TPSA) is 38.7 Å². The molecule has 1 rings (SSSR count). The fraction of sp³-hybridized carbons (Fsp3) is 1.00. The first kappa shape index (κ1) is 6.43. The minimum absolute atomic E-state index is 0.554. The first-order chi connectivity index (χ1) is 3.77. The standard InChI is InChI=1S/C4H10O3P/c1-2-8(5)6-3-4-7-8/h5H,2-4H2,1H3/q+1. The molecule has 0 unspecified atom stereocenters. The minimum Gasteiger partial charge on any atom is -0.193 e. The van der Waals surface area contributed by atoms with E-state index in [1.165, 1.54) is 0 Å². The molecule has 0 aromatic heterocycles. The Hall–Kier alpha value is 0.310. The normalized spacial score (nSPS) is 26.2. The zero-order chi connectivity index (χ0) is 6.04. The van der Waals surface area contributed by atoms with Crippen LogP contribution in [0.2, 0.25) is 0 Å². The van der Waals surface area contributed by atoms with Crippen LogP contribution in [0.5, 0.6) is 0 Å². The van der Waals surface area contributed by atoms with Crippen molar-refractivity contribution in [2.75, 3.05) is 19.4 Å². The Morgan fingerprint density at radius 3 is 2.25 bits per heavy atom. The van der Waals surface area contributed by atoms with Crippen molar-refractivity contribution in [1.82, 2.24) is 0 Å². The average Bonchev–Trinajstić information content (AvgIpc) is 2.17. The molecule has 0 aromatic rings. The van der Waals surface area contributed by atoms with Crippen LogP contribution in [0.15, 0.2) is 0 Å². The largest absolute Gasteiger partial charge is 0.408 e. The van der Waals surface area contributed by atoms with Gasteiger partial charge in [-0.1, -0.05) is 0 Å². The molecule has 1 saturated heterocycles. The monoisotopic (exact) mass is 137 g/mol. The summed E-state index contributed by atoms with van der Waals surface area (Å²) in [6, 6.07) is 0. The van der Waals surface area contributed by atoms with Gasteiger partial charge in [0, 0.05) is 0 Å². The second kappa shape index (κ2) is 2.28. The van der Waals surface area contributed by atoms with Gasteiger partial charge in [-0.2, -0.15) is 13.9 Å². The zero-order valence-electron chi connectivity index (χ0n) is 4.83. The van der Waals surface area contributed by atoms with Crippen LogP contribution >= 0.6 is 7.94 Å². The molecule has 3 nitrogen and oxygen atoms in total. The Morgan fingerprint density at radius 2 is 2.00 bits per heavy atom. The van der Waals surface area contributed by atoms with Crippen LogP contribution in [0.4, 0.5) is 0 Å². The van der Waals surface area contributed by atoms with Crippen LogP contribution < -0.4 is 0 Å². The van der Waals surface area contributed by atoms with Gasteiger partial charge in [-0.15, -0.1) is 0 Å². The highest BCUT2D eigenvalue weighted by atomic mass is 31.2. The predicted molar refractivity (Wildman–Crippen MR) is 31.6 cm³/mol. The van der Waals surface area contributed by atoms with E-state index in [4.69, 9.17) is 13.9 Å². The second-order valence-electron chi connectivity index (χ2n) is 1.62. The quantitative estimate of drug-likeness (QED) is 0.543. The highest BCUT2D eigenvalue weighted by molar-refractivity contribution is 7.60. The molecule has 0 bridgehead atoms. The van der Waals surface area contributed by atoms with Gasteiger partial charge in [0.15, 0.2) is 0 Å². The summed E-state index contributed by atoms with van der Waals surface area (Å²) in [6.07, 6.45) is 0.604. The van der Waals surface area contributed by atoms with E-state index in [0.717, 1.165) is 0 Å². The summed E-state index contributed by atoms with van der Waals surface area (Å²) in [4.78, 5) is 9.17. The van der Waals surface area contributed by atoms with Gasteiger partial charge in [-0.3, -0.25) is 0 Å². The molecule has 0 spiro atoms. The van der Waals surface area contributed by atoms with Crippen molar-refractivity contribution in [3.63, 3.8) is 0 Å². The summed E-state index contributed by atoms with van der Waals surface area (Å²) >= 11 is 0.